The molecule has 92 valence electrons. The summed E-state index contributed by atoms with van der Waals surface area (Å²) < 4.78 is 5.47. The van der Waals surface area contributed by atoms with Crippen molar-refractivity contribution in [2.45, 2.75) is 12.5 Å². The normalized spacial score (nSPS) is 18.2. The van der Waals surface area contributed by atoms with Crippen LogP contribution in [0.2, 0.25) is 0 Å². The molecule has 2 nitrogen and oxygen atoms in total. The lowest BCUT2D eigenvalue weighted by Gasteiger charge is -2.28. The maximum absolute atomic E-state index is 5.47. The van der Waals surface area contributed by atoms with Gasteiger partial charge in [0.25, 0.3) is 0 Å². The van der Waals surface area contributed by atoms with Gasteiger partial charge in [0.2, 0.25) is 0 Å². The molecule has 18 heavy (non-hydrogen) atoms. The molecule has 0 radical (unpaired) electrons. The lowest BCUT2D eigenvalue weighted by molar-refractivity contribution is 0.403. The number of hydrogen-bond donors (Lipinski definition) is 1. The van der Waals surface area contributed by atoms with Crippen molar-refractivity contribution in [1.82, 2.24) is 5.32 Å². The summed E-state index contributed by atoms with van der Waals surface area (Å²) in [5, 5.41) is 3.59. The highest BCUT2D eigenvalue weighted by Crippen LogP contribution is 2.33. The molecular formula is C16H17NO. The van der Waals surface area contributed by atoms with Gasteiger partial charge in [0.15, 0.2) is 0 Å². The Hall–Kier alpha value is -1.80. The minimum absolute atomic E-state index is 0.282. The fourth-order valence-electron chi connectivity index (χ4n) is 2.71. The van der Waals surface area contributed by atoms with Gasteiger partial charge in [-0.15, -0.1) is 0 Å². The Kier molecular flexibility index (Phi) is 3.03. The standard InChI is InChI=1S/C16H17NO/c1-18-15-9-5-8-14-13(15)10-11-17-16(14)12-6-3-2-4-7-12/h2-9,16-17H,10-11H2,1H3. The first-order valence-electron chi connectivity index (χ1n) is 6.34. The van der Waals surface area contributed by atoms with Crippen molar-refractivity contribution in [3.05, 3.63) is 65.2 Å². The molecule has 1 heterocycles. The summed E-state index contributed by atoms with van der Waals surface area (Å²) in [4.78, 5) is 0. The minimum Gasteiger partial charge on any atom is -0.496 e. The van der Waals surface area contributed by atoms with E-state index in [1.807, 2.05) is 6.07 Å². The van der Waals surface area contributed by atoms with Gasteiger partial charge in [-0.05, 0) is 23.6 Å². The smallest absolute Gasteiger partial charge is 0.122 e. The molecule has 2 aromatic carbocycles. The molecule has 0 saturated heterocycles. The maximum atomic E-state index is 5.47. The van der Waals surface area contributed by atoms with Gasteiger partial charge in [0, 0.05) is 12.1 Å². The van der Waals surface area contributed by atoms with E-state index >= 15 is 0 Å². The highest BCUT2D eigenvalue weighted by Gasteiger charge is 2.23. The molecule has 0 aliphatic carbocycles. The molecule has 0 aromatic heterocycles. The number of methoxy groups -OCH3 is 1. The average molecular weight is 239 g/mol. The summed E-state index contributed by atoms with van der Waals surface area (Å²) in [6.07, 6.45) is 1.03. The molecule has 1 aliphatic heterocycles. The zero-order valence-corrected chi connectivity index (χ0v) is 10.5. The number of rotatable bonds is 2. The van der Waals surface area contributed by atoms with Crippen LogP contribution in [0.4, 0.5) is 0 Å². The predicted octanol–water partition coefficient (Wildman–Crippen LogP) is 2.93. The fraction of sp³-hybridized carbons (Fsp3) is 0.250. The zero-order valence-electron chi connectivity index (χ0n) is 10.5. The first kappa shape index (κ1) is 11.3. The number of benzene rings is 2. The van der Waals surface area contributed by atoms with Crippen LogP contribution in [0, 0.1) is 0 Å². The first-order valence-corrected chi connectivity index (χ1v) is 6.34. The Morgan fingerprint density at radius 1 is 1.06 bits per heavy atom. The summed E-state index contributed by atoms with van der Waals surface area (Å²) >= 11 is 0. The van der Waals surface area contributed by atoms with Crippen molar-refractivity contribution >= 4 is 0 Å². The van der Waals surface area contributed by atoms with E-state index in [9.17, 15) is 0 Å². The van der Waals surface area contributed by atoms with E-state index in [2.05, 4.69) is 47.8 Å². The maximum Gasteiger partial charge on any atom is 0.122 e. The van der Waals surface area contributed by atoms with Crippen molar-refractivity contribution < 1.29 is 4.74 Å². The molecular weight excluding hydrogens is 222 g/mol. The monoisotopic (exact) mass is 239 g/mol. The van der Waals surface area contributed by atoms with Gasteiger partial charge in [0.05, 0.1) is 13.2 Å². The predicted molar refractivity (Wildman–Crippen MR) is 73.0 cm³/mol. The molecule has 0 bridgehead atoms. The van der Waals surface area contributed by atoms with Gasteiger partial charge >= 0.3 is 0 Å². The van der Waals surface area contributed by atoms with Crippen molar-refractivity contribution in [3.8, 4) is 5.75 Å². The van der Waals surface area contributed by atoms with Crippen molar-refractivity contribution in [3.63, 3.8) is 0 Å². The third-order valence-corrected chi connectivity index (χ3v) is 3.56. The largest absolute Gasteiger partial charge is 0.496 e. The lowest BCUT2D eigenvalue weighted by Crippen LogP contribution is -2.30. The van der Waals surface area contributed by atoms with Crippen LogP contribution in [0.3, 0.4) is 0 Å². The lowest BCUT2D eigenvalue weighted by atomic mass is 9.89. The number of hydrogen-bond acceptors (Lipinski definition) is 2. The summed E-state index contributed by atoms with van der Waals surface area (Å²) in [6.45, 7) is 0.993. The van der Waals surface area contributed by atoms with Crippen LogP contribution in [0.15, 0.2) is 48.5 Å². The van der Waals surface area contributed by atoms with Crippen LogP contribution in [0.25, 0.3) is 0 Å². The van der Waals surface area contributed by atoms with E-state index < -0.39 is 0 Å². The van der Waals surface area contributed by atoms with Gasteiger partial charge < -0.3 is 10.1 Å². The van der Waals surface area contributed by atoms with Crippen LogP contribution >= 0.6 is 0 Å². The Morgan fingerprint density at radius 3 is 2.67 bits per heavy atom. The molecule has 2 heteroatoms. The third kappa shape index (κ3) is 1.89. The minimum atomic E-state index is 0.282. The summed E-state index contributed by atoms with van der Waals surface area (Å²) in [5.74, 6) is 1.01. The molecule has 3 rings (SSSR count). The van der Waals surface area contributed by atoms with Gasteiger partial charge in [-0.1, -0.05) is 42.5 Å². The molecule has 0 amide bonds. The Morgan fingerprint density at radius 2 is 1.89 bits per heavy atom. The fourth-order valence-corrected chi connectivity index (χ4v) is 2.71. The van der Waals surface area contributed by atoms with E-state index in [1.165, 1.54) is 16.7 Å². The van der Waals surface area contributed by atoms with E-state index in [0.29, 0.717) is 0 Å². The molecule has 0 spiro atoms. The summed E-state index contributed by atoms with van der Waals surface area (Å²) in [5.41, 5.74) is 3.99. The molecule has 0 fully saturated rings. The molecule has 0 saturated carbocycles. The van der Waals surface area contributed by atoms with E-state index in [4.69, 9.17) is 4.74 Å². The molecule has 1 N–H and O–H groups in total. The number of fused-ring (bicyclic) bond motifs is 1. The van der Waals surface area contributed by atoms with Crippen LogP contribution in [0.1, 0.15) is 22.7 Å². The van der Waals surface area contributed by atoms with Crippen LogP contribution in [-0.4, -0.2) is 13.7 Å². The Bertz CT molecular complexity index is 536. The van der Waals surface area contributed by atoms with E-state index in [-0.39, 0.29) is 6.04 Å². The average Bonchev–Trinajstić information content (AvgIpc) is 2.47. The van der Waals surface area contributed by atoms with Crippen LogP contribution < -0.4 is 10.1 Å². The zero-order chi connectivity index (χ0) is 12.4. The second kappa shape index (κ2) is 4.83. The molecule has 1 aliphatic rings. The quantitative estimate of drug-likeness (QED) is 0.870. The van der Waals surface area contributed by atoms with Crippen molar-refractivity contribution in [1.29, 1.82) is 0 Å². The molecule has 2 aromatic rings. The highest BCUT2D eigenvalue weighted by atomic mass is 16.5. The van der Waals surface area contributed by atoms with Crippen molar-refractivity contribution in [2.75, 3.05) is 13.7 Å². The SMILES string of the molecule is COc1cccc2c1CCNC2c1ccccc1. The summed E-state index contributed by atoms with van der Waals surface area (Å²) in [7, 11) is 1.75. The number of ether oxygens (including phenoxy) is 1. The van der Waals surface area contributed by atoms with Gasteiger partial charge in [-0.3, -0.25) is 0 Å². The second-order valence-corrected chi connectivity index (χ2v) is 4.58. The third-order valence-electron chi connectivity index (χ3n) is 3.56. The first-order chi connectivity index (χ1) is 8.90. The Balaban J connectivity index is 2.07. The van der Waals surface area contributed by atoms with Crippen molar-refractivity contribution in [2.24, 2.45) is 0 Å². The summed E-state index contributed by atoms with van der Waals surface area (Å²) in [6, 6.07) is 17.2. The molecule has 1 unspecified atom stereocenters. The second-order valence-electron chi connectivity index (χ2n) is 4.58. The number of nitrogens with one attached hydrogen (secondary N) is 1. The van der Waals surface area contributed by atoms with Gasteiger partial charge in [-0.25, -0.2) is 0 Å². The van der Waals surface area contributed by atoms with Gasteiger partial charge in [0.1, 0.15) is 5.75 Å². The molecule has 1 atom stereocenters. The van der Waals surface area contributed by atoms with E-state index in [1.54, 1.807) is 7.11 Å². The highest BCUT2D eigenvalue weighted by molar-refractivity contribution is 5.47. The van der Waals surface area contributed by atoms with Crippen LogP contribution in [0.5, 0.6) is 5.75 Å². The van der Waals surface area contributed by atoms with Gasteiger partial charge in [-0.2, -0.15) is 0 Å². The van der Waals surface area contributed by atoms with Crippen LogP contribution in [-0.2, 0) is 6.42 Å². The topological polar surface area (TPSA) is 21.3 Å². The Labute approximate surface area is 108 Å². The van der Waals surface area contributed by atoms with E-state index in [0.717, 1.165) is 18.7 Å².